The van der Waals surface area contributed by atoms with Crippen molar-refractivity contribution in [1.29, 1.82) is 0 Å². The van der Waals surface area contributed by atoms with Gasteiger partial charge in [0.2, 0.25) is 5.79 Å². The molecule has 0 aromatic rings. The maximum absolute atomic E-state index is 12.2. The van der Waals surface area contributed by atoms with Gasteiger partial charge in [0.25, 0.3) is 0 Å². The van der Waals surface area contributed by atoms with Gasteiger partial charge in [0.05, 0.1) is 11.7 Å². The van der Waals surface area contributed by atoms with Crippen LogP contribution in [0.3, 0.4) is 0 Å². The van der Waals surface area contributed by atoms with Crippen LogP contribution in [0.15, 0.2) is 22.8 Å². The molecule has 7 heteroatoms. The molecule has 1 heterocycles. The number of allylic oxidation sites excluding steroid dienone is 1. The molecule has 0 bridgehead atoms. The number of aliphatic hydroxyl groups excluding tert-OH is 1. The van der Waals surface area contributed by atoms with E-state index in [4.69, 9.17) is 9.47 Å². The highest BCUT2D eigenvalue weighted by Crippen LogP contribution is 2.61. The van der Waals surface area contributed by atoms with Gasteiger partial charge in [0.15, 0.2) is 0 Å². The van der Waals surface area contributed by atoms with Crippen molar-refractivity contribution >= 4 is 11.9 Å². The lowest BCUT2D eigenvalue weighted by molar-refractivity contribution is -0.283. The minimum absolute atomic E-state index is 0.100. The fraction of sp³-hybridized carbons (Fsp3) is 0.700. The van der Waals surface area contributed by atoms with E-state index < -0.39 is 46.9 Å². The summed E-state index contributed by atoms with van der Waals surface area (Å²) in [5.41, 5.74) is -1.86. The monoisotopic (exact) mass is 380 g/mol. The molecule has 3 rings (SSSR count). The van der Waals surface area contributed by atoms with Gasteiger partial charge >= 0.3 is 11.9 Å². The average Bonchev–Trinajstić information content (AvgIpc) is 2.82. The molecule has 2 saturated carbocycles. The zero-order valence-corrected chi connectivity index (χ0v) is 16.4. The second-order valence-corrected chi connectivity index (χ2v) is 8.35. The molecule has 0 spiro atoms. The van der Waals surface area contributed by atoms with Gasteiger partial charge < -0.3 is 24.8 Å². The van der Waals surface area contributed by atoms with Gasteiger partial charge in [-0.1, -0.05) is 19.9 Å². The summed E-state index contributed by atoms with van der Waals surface area (Å²) >= 11 is 0. The minimum Gasteiger partial charge on any atom is -0.459 e. The topological polar surface area (TPSA) is 113 Å². The maximum atomic E-state index is 12.2. The quantitative estimate of drug-likeness (QED) is 0.490. The van der Waals surface area contributed by atoms with Crippen LogP contribution >= 0.6 is 0 Å². The summed E-state index contributed by atoms with van der Waals surface area (Å²) in [6.07, 6.45) is 0.211. The van der Waals surface area contributed by atoms with Gasteiger partial charge in [-0.25, -0.2) is 9.59 Å². The van der Waals surface area contributed by atoms with E-state index >= 15 is 0 Å². The fourth-order valence-corrected chi connectivity index (χ4v) is 4.94. The SMILES string of the molecule is C/C=C(\C)C(=O)O[C@H]1CC[C@]2(O)C[C@@]3(O)OC(=O)C(C)=C3[C@@H](O)[C@]2(C)[C@H]1C. The molecule has 0 saturated heterocycles. The Balaban J connectivity index is 2.00. The molecule has 7 nitrogen and oxygen atoms in total. The highest BCUT2D eigenvalue weighted by Gasteiger charge is 2.70. The average molecular weight is 380 g/mol. The standard InChI is InChI=1S/C20H28O7/c1-6-10(2)16(22)26-13-7-8-19(24)9-20(25)14(11(3)17(23)27-20)15(21)18(19,5)12(13)4/h6,12-13,15,21,24-25H,7-9H2,1-5H3/b10-6+/t12-,13-,15+,18-,19-,20+/m0/s1. The van der Waals surface area contributed by atoms with Gasteiger partial charge in [0.1, 0.15) is 6.10 Å². The molecule has 0 radical (unpaired) electrons. The van der Waals surface area contributed by atoms with Crippen LogP contribution in [0.4, 0.5) is 0 Å². The highest BCUT2D eigenvalue weighted by molar-refractivity contribution is 5.92. The van der Waals surface area contributed by atoms with E-state index in [1.807, 2.05) is 6.92 Å². The van der Waals surface area contributed by atoms with E-state index in [2.05, 4.69) is 0 Å². The number of esters is 2. The van der Waals surface area contributed by atoms with Crippen LogP contribution < -0.4 is 0 Å². The number of ether oxygens (including phenoxy) is 2. The number of aliphatic hydroxyl groups is 3. The zero-order chi connectivity index (χ0) is 20.4. The normalized spacial score (nSPS) is 44.5. The Morgan fingerprint density at radius 1 is 1.37 bits per heavy atom. The summed E-state index contributed by atoms with van der Waals surface area (Å²) in [6, 6.07) is 0. The van der Waals surface area contributed by atoms with Crippen LogP contribution in [-0.4, -0.2) is 50.9 Å². The summed E-state index contributed by atoms with van der Waals surface area (Å²) in [5, 5.41) is 33.4. The molecule has 0 aromatic carbocycles. The number of hydrogen-bond acceptors (Lipinski definition) is 7. The number of hydrogen-bond donors (Lipinski definition) is 3. The predicted molar refractivity (Wildman–Crippen MR) is 95.1 cm³/mol. The van der Waals surface area contributed by atoms with Crippen LogP contribution in [0.25, 0.3) is 0 Å². The van der Waals surface area contributed by atoms with Crippen molar-refractivity contribution in [2.45, 2.75) is 77.5 Å². The van der Waals surface area contributed by atoms with Crippen LogP contribution in [0.1, 0.15) is 53.9 Å². The molecule has 0 aromatic heterocycles. The summed E-state index contributed by atoms with van der Waals surface area (Å²) in [4.78, 5) is 24.2. The maximum Gasteiger partial charge on any atom is 0.336 e. The Morgan fingerprint density at radius 3 is 2.59 bits per heavy atom. The fourth-order valence-electron chi connectivity index (χ4n) is 4.94. The lowest BCUT2D eigenvalue weighted by atomic mass is 9.49. The summed E-state index contributed by atoms with van der Waals surface area (Å²) in [5.74, 6) is -3.54. The van der Waals surface area contributed by atoms with Crippen molar-refractivity contribution < 1.29 is 34.4 Å². The van der Waals surface area contributed by atoms with E-state index in [0.717, 1.165) is 0 Å². The lowest BCUT2D eigenvalue weighted by Gasteiger charge is -2.61. The first kappa shape index (κ1) is 20.0. The Bertz CT molecular complexity index is 753. The van der Waals surface area contributed by atoms with Crippen molar-refractivity contribution in [3.63, 3.8) is 0 Å². The van der Waals surface area contributed by atoms with Gasteiger partial charge in [0, 0.05) is 34.5 Å². The smallest absolute Gasteiger partial charge is 0.336 e. The molecule has 6 atom stereocenters. The first-order valence-electron chi connectivity index (χ1n) is 9.32. The molecule has 0 unspecified atom stereocenters. The second kappa shape index (κ2) is 6.15. The number of carbonyl (C=O) groups excluding carboxylic acids is 2. The first-order chi connectivity index (χ1) is 12.4. The van der Waals surface area contributed by atoms with Crippen molar-refractivity contribution in [3.05, 3.63) is 22.8 Å². The van der Waals surface area contributed by atoms with Crippen LogP contribution in [-0.2, 0) is 19.1 Å². The lowest BCUT2D eigenvalue weighted by Crippen LogP contribution is -2.70. The second-order valence-electron chi connectivity index (χ2n) is 8.35. The molecule has 0 amide bonds. The van der Waals surface area contributed by atoms with Crippen molar-refractivity contribution in [2.24, 2.45) is 11.3 Å². The molecule has 2 fully saturated rings. The Morgan fingerprint density at radius 2 is 2.00 bits per heavy atom. The van der Waals surface area contributed by atoms with Crippen molar-refractivity contribution in [2.75, 3.05) is 0 Å². The van der Waals surface area contributed by atoms with Crippen LogP contribution in [0.5, 0.6) is 0 Å². The van der Waals surface area contributed by atoms with Crippen molar-refractivity contribution in [3.8, 4) is 0 Å². The molecular formula is C20H28O7. The third-order valence-electron chi connectivity index (χ3n) is 7.13. The van der Waals surface area contributed by atoms with Gasteiger partial charge in [-0.05, 0) is 33.6 Å². The van der Waals surface area contributed by atoms with E-state index in [1.165, 1.54) is 6.92 Å². The van der Waals surface area contributed by atoms with Crippen molar-refractivity contribution in [1.82, 2.24) is 0 Å². The molecule has 27 heavy (non-hydrogen) atoms. The highest BCUT2D eigenvalue weighted by atomic mass is 16.7. The van der Waals surface area contributed by atoms with Gasteiger partial charge in [-0.3, -0.25) is 0 Å². The predicted octanol–water partition coefficient (Wildman–Crippen LogP) is 1.36. The van der Waals surface area contributed by atoms with E-state index in [-0.39, 0.29) is 24.0 Å². The largest absolute Gasteiger partial charge is 0.459 e. The van der Waals surface area contributed by atoms with Gasteiger partial charge in [-0.15, -0.1) is 0 Å². The molecule has 2 aliphatic carbocycles. The third kappa shape index (κ3) is 2.59. The summed E-state index contributed by atoms with van der Waals surface area (Å²) < 4.78 is 10.7. The summed E-state index contributed by atoms with van der Waals surface area (Å²) in [7, 11) is 0. The Labute approximate surface area is 158 Å². The Hall–Kier alpha value is -1.70. The van der Waals surface area contributed by atoms with Crippen LogP contribution in [0, 0.1) is 11.3 Å². The molecule has 3 N–H and O–H groups in total. The minimum atomic E-state index is -2.00. The van der Waals surface area contributed by atoms with E-state index in [1.54, 1.807) is 26.8 Å². The Kier molecular flexibility index (Phi) is 4.57. The molecular weight excluding hydrogens is 352 g/mol. The number of fused-ring (bicyclic) bond motifs is 2. The summed E-state index contributed by atoms with van der Waals surface area (Å²) in [6.45, 7) is 8.44. The van der Waals surface area contributed by atoms with Gasteiger partial charge in [-0.2, -0.15) is 0 Å². The molecule has 3 aliphatic rings. The number of carbonyl (C=O) groups is 2. The van der Waals surface area contributed by atoms with E-state index in [0.29, 0.717) is 12.0 Å². The zero-order valence-electron chi connectivity index (χ0n) is 16.4. The van der Waals surface area contributed by atoms with Crippen LogP contribution in [0.2, 0.25) is 0 Å². The number of rotatable bonds is 2. The molecule has 1 aliphatic heterocycles. The first-order valence-corrected chi connectivity index (χ1v) is 9.32. The van der Waals surface area contributed by atoms with E-state index in [9.17, 15) is 24.9 Å². The molecule has 150 valence electrons. The third-order valence-corrected chi connectivity index (χ3v) is 7.13.